The second kappa shape index (κ2) is 13.3. The van der Waals surface area contributed by atoms with Crippen LogP contribution in [-0.2, 0) is 21.1 Å². The van der Waals surface area contributed by atoms with Gasteiger partial charge in [0.05, 0.1) is 17.9 Å². The van der Waals surface area contributed by atoms with Crippen LogP contribution in [0.25, 0.3) is 10.9 Å². The lowest BCUT2D eigenvalue weighted by Crippen LogP contribution is -2.48. The largest absolute Gasteiger partial charge is 0.463 e. The quantitative estimate of drug-likeness (QED) is 0.181. The van der Waals surface area contributed by atoms with Crippen LogP contribution in [-0.4, -0.2) is 45.2 Å². The Balaban J connectivity index is 1.40. The van der Waals surface area contributed by atoms with Crippen molar-refractivity contribution in [3.05, 3.63) is 59.8 Å². The van der Waals surface area contributed by atoms with Crippen LogP contribution in [0.3, 0.4) is 0 Å². The number of carbonyl (C=O) groups is 2. The number of anilines is 2. The zero-order valence-corrected chi connectivity index (χ0v) is 22.7. The highest BCUT2D eigenvalue weighted by atomic mass is 17.3. The molecule has 1 fully saturated rings. The van der Waals surface area contributed by atoms with Crippen molar-refractivity contribution in [2.75, 3.05) is 16.9 Å². The molecule has 3 aromatic rings. The number of hydroxylamine groups is 3. The molecule has 5 rings (SSSR count). The van der Waals surface area contributed by atoms with Gasteiger partial charge in [0, 0.05) is 22.5 Å². The highest BCUT2D eigenvalue weighted by Gasteiger charge is 2.34. The molecule has 1 aromatic heterocycles. The number of aromatic nitrogens is 1. The molecular formula is C30H34N4O7. The van der Waals surface area contributed by atoms with E-state index in [0.29, 0.717) is 11.4 Å². The Bertz CT molecular complexity index is 1430. The average Bonchev–Trinajstić information content (AvgIpc) is 3.38. The fourth-order valence-corrected chi connectivity index (χ4v) is 5.30. The lowest BCUT2D eigenvalue weighted by Gasteiger charge is -2.35. The van der Waals surface area contributed by atoms with Crippen LogP contribution in [0.1, 0.15) is 62.6 Å². The monoisotopic (exact) mass is 562 g/mol. The van der Waals surface area contributed by atoms with Crippen molar-refractivity contribution in [3.63, 3.8) is 0 Å². The fourth-order valence-electron chi connectivity index (χ4n) is 5.30. The SMILES string of the molecule is O=C(O)N1CC2CCCCCCCCCc3cccc(c3)N(C(=O)O)OC#Cc3cc4c(cccc4[nH]3)NC2OO1. The van der Waals surface area contributed by atoms with Crippen LogP contribution in [0, 0.1) is 17.9 Å². The van der Waals surface area contributed by atoms with Gasteiger partial charge in [0.2, 0.25) is 0 Å². The lowest BCUT2D eigenvalue weighted by atomic mass is 9.97. The summed E-state index contributed by atoms with van der Waals surface area (Å²) in [6.45, 7) is 0.199. The van der Waals surface area contributed by atoms with Crippen molar-refractivity contribution in [1.82, 2.24) is 10.0 Å². The van der Waals surface area contributed by atoms with Crippen LogP contribution in [0.15, 0.2) is 48.5 Å². The van der Waals surface area contributed by atoms with Gasteiger partial charge in [-0.2, -0.15) is 9.95 Å². The van der Waals surface area contributed by atoms with Gasteiger partial charge >= 0.3 is 12.2 Å². The van der Waals surface area contributed by atoms with Crippen molar-refractivity contribution in [3.8, 4) is 12.0 Å². The second-order valence-corrected chi connectivity index (χ2v) is 10.4. The first kappa shape index (κ1) is 28.1. The van der Waals surface area contributed by atoms with E-state index in [2.05, 4.69) is 22.3 Å². The number of aromatic amines is 1. The maximum Gasteiger partial charge on any atom is 0.446 e. The molecule has 2 amide bonds. The lowest BCUT2D eigenvalue weighted by molar-refractivity contribution is -0.456. The Labute approximate surface area is 237 Å². The van der Waals surface area contributed by atoms with Gasteiger partial charge in [-0.05, 0) is 61.1 Å². The molecule has 1 saturated heterocycles. The van der Waals surface area contributed by atoms with Crippen molar-refractivity contribution in [2.45, 2.75) is 64.0 Å². The van der Waals surface area contributed by atoms with Gasteiger partial charge in [0.15, 0.2) is 12.3 Å². The molecule has 0 saturated carbocycles. The Morgan fingerprint density at radius 1 is 0.927 bits per heavy atom. The van der Waals surface area contributed by atoms with Gasteiger partial charge in [-0.15, -0.1) is 4.99 Å². The standard InChI is InChI=1S/C30H34N4O7/c35-29(36)33-20-22-12-7-5-3-1-2-4-6-10-21-11-8-13-24(18-21)34(30(37)38)39-17-16-23-19-25-26(31-23)14-9-15-27(25)32-28(22)40-41-33/h8-9,11,13-15,18-19,22,28,31-32H,1-7,10,12,20H2,(H,35,36)(H,37,38). The molecule has 2 aliphatic rings. The number of H-pyrrole nitrogens is 1. The van der Waals surface area contributed by atoms with E-state index in [1.54, 1.807) is 6.07 Å². The predicted octanol–water partition coefficient (Wildman–Crippen LogP) is 6.48. The number of carboxylic acid groups (broad SMARTS) is 2. The number of hydrogen-bond acceptors (Lipinski definition) is 6. The van der Waals surface area contributed by atoms with E-state index in [1.165, 1.54) is 0 Å². The van der Waals surface area contributed by atoms with Gasteiger partial charge in [0.25, 0.3) is 0 Å². The topological polar surface area (TPSA) is 137 Å². The number of hydrogen-bond donors (Lipinski definition) is 4. The summed E-state index contributed by atoms with van der Waals surface area (Å²) in [4.78, 5) is 42.6. The number of aryl methyl sites for hydroxylation is 1. The molecule has 3 heterocycles. The number of nitrogens with zero attached hydrogens (tertiary/aromatic N) is 2. The minimum absolute atomic E-state index is 0.111. The van der Waals surface area contributed by atoms with Gasteiger partial charge in [-0.1, -0.05) is 61.8 Å². The summed E-state index contributed by atoms with van der Waals surface area (Å²) in [6.07, 6.45) is 8.61. The van der Waals surface area contributed by atoms with Gasteiger partial charge in [0.1, 0.15) is 0 Å². The predicted molar refractivity (Wildman–Crippen MR) is 152 cm³/mol. The number of benzene rings is 2. The maximum absolute atomic E-state index is 11.9. The average molecular weight is 563 g/mol. The Morgan fingerprint density at radius 3 is 2.51 bits per heavy atom. The number of amides is 2. The van der Waals surface area contributed by atoms with E-state index in [0.717, 1.165) is 90.1 Å². The molecule has 2 aliphatic heterocycles. The van der Waals surface area contributed by atoms with Crippen LogP contribution >= 0.6 is 0 Å². The molecule has 41 heavy (non-hydrogen) atoms. The Morgan fingerprint density at radius 2 is 1.71 bits per heavy atom. The van der Waals surface area contributed by atoms with E-state index < -0.39 is 18.4 Å². The minimum Gasteiger partial charge on any atom is -0.463 e. The number of nitrogens with one attached hydrogen (secondary N) is 2. The summed E-state index contributed by atoms with van der Waals surface area (Å²) in [5.74, 6) is 2.74. The Hall–Kier alpha value is -4.40. The van der Waals surface area contributed by atoms with Crippen LogP contribution in [0.4, 0.5) is 21.0 Å². The fraction of sp³-hybridized carbons (Fsp3) is 0.400. The zero-order valence-electron chi connectivity index (χ0n) is 22.7. The number of fused-ring (bicyclic) bond motifs is 4. The van der Waals surface area contributed by atoms with Crippen molar-refractivity contribution in [1.29, 1.82) is 0 Å². The smallest absolute Gasteiger partial charge is 0.446 e. The van der Waals surface area contributed by atoms with Crippen molar-refractivity contribution in [2.24, 2.45) is 5.92 Å². The van der Waals surface area contributed by atoms with E-state index in [9.17, 15) is 19.8 Å². The second-order valence-electron chi connectivity index (χ2n) is 10.4. The summed E-state index contributed by atoms with van der Waals surface area (Å²) in [5, 5.41) is 25.0. The van der Waals surface area contributed by atoms with E-state index in [1.807, 2.05) is 42.5 Å². The maximum atomic E-state index is 11.9. The Kier molecular flexibility index (Phi) is 9.13. The molecule has 2 unspecified atom stereocenters. The third-order valence-electron chi connectivity index (χ3n) is 7.42. The molecule has 0 spiro atoms. The van der Waals surface area contributed by atoms with Gasteiger partial charge in [-0.3, -0.25) is 0 Å². The summed E-state index contributed by atoms with van der Waals surface area (Å²) in [6, 6.07) is 14.8. The molecule has 0 radical (unpaired) electrons. The van der Waals surface area contributed by atoms with Crippen LogP contribution in [0.5, 0.6) is 0 Å². The summed E-state index contributed by atoms with van der Waals surface area (Å²) in [7, 11) is 0. The molecule has 4 N–H and O–H groups in total. The summed E-state index contributed by atoms with van der Waals surface area (Å²) < 4.78 is 0. The van der Waals surface area contributed by atoms with E-state index >= 15 is 0 Å². The van der Waals surface area contributed by atoms with Gasteiger partial charge in [-0.25, -0.2) is 9.59 Å². The van der Waals surface area contributed by atoms with Gasteiger partial charge < -0.3 is 25.4 Å². The molecule has 11 nitrogen and oxygen atoms in total. The van der Waals surface area contributed by atoms with E-state index in [-0.39, 0.29) is 12.5 Å². The molecule has 2 aromatic carbocycles. The zero-order chi connectivity index (χ0) is 28.6. The highest BCUT2D eigenvalue weighted by molar-refractivity contribution is 5.93. The minimum atomic E-state index is -1.27. The summed E-state index contributed by atoms with van der Waals surface area (Å²) >= 11 is 0. The molecule has 216 valence electrons. The first-order valence-electron chi connectivity index (χ1n) is 14.0. The summed E-state index contributed by atoms with van der Waals surface area (Å²) in [5.41, 5.74) is 3.54. The van der Waals surface area contributed by atoms with Crippen molar-refractivity contribution < 1.29 is 34.5 Å². The van der Waals surface area contributed by atoms with Crippen LogP contribution in [0.2, 0.25) is 0 Å². The normalized spacial score (nSPS) is 20.7. The first-order valence-corrected chi connectivity index (χ1v) is 14.0. The molecule has 4 bridgehead atoms. The van der Waals surface area contributed by atoms with Crippen molar-refractivity contribution >= 4 is 34.5 Å². The van der Waals surface area contributed by atoms with E-state index in [4.69, 9.17) is 14.7 Å². The highest BCUT2D eigenvalue weighted by Crippen LogP contribution is 2.30. The number of rotatable bonds is 0. The molecule has 11 heteroatoms. The molecular weight excluding hydrogens is 528 g/mol. The molecule has 2 atom stereocenters. The third kappa shape index (κ3) is 7.22. The van der Waals surface area contributed by atoms with Crippen LogP contribution < -0.4 is 10.4 Å². The molecule has 0 aliphatic carbocycles. The third-order valence-corrected chi connectivity index (χ3v) is 7.42. The first-order chi connectivity index (χ1) is 20.0.